The second-order valence-corrected chi connectivity index (χ2v) is 4.79. The van der Waals surface area contributed by atoms with Crippen molar-refractivity contribution in [2.45, 2.75) is 32.6 Å². The summed E-state index contributed by atoms with van der Waals surface area (Å²) in [6.07, 6.45) is 4.76. The predicted molar refractivity (Wildman–Crippen MR) is 66.4 cm³/mol. The number of allylic oxidation sites excluding steroid dienone is 1. The smallest absolute Gasteiger partial charge is 0.333 e. The highest BCUT2D eigenvalue weighted by Gasteiger charge is 2.23. The van der Waals surface area contributed by atoms with E-state index >= 15 is 0 Å². The number of hydrogen-bond acceptors (Lipinski definition) is 3. The summed E-state index contributed by atoms with van der Waals surface area (Å²) in [6, 6.07) is 0. The molecule has 0 bridgehead atoms. The maximum Gasteiger partial charge on any atom is 0.333 e. The number of esters is 1. The molecule has 0 amide bonds. The Labute approximate surface area is 103 Å². The van der Waals surface area contributed by atoms with Crippen molar-refractivity contribution in [3.8, 4) is 0 Å². The van der Waals surface area contributed by atoms with Gasteiger partial charge in [-0.15, -0.1) is 0 Å². The quantitative estimate of drug-likeness (QED) is 0.419. The van der Waals surface area contributed by atoms with E-state index in [1.54, 1.807) is 6.92 Å². The molecule has 17 heavy (non-hydrogen) atoms. The Hall–Kier alpha value is -1.38. The van der Waals surface area contributed by atoms with Crippen LogP contribution >= 0.6 is 0 Å². The Morgan fingerprint density at radius 1 is 1.29 bits per heavy atom. The van der Waals surface area contributed by atoms with Gasteiger partial charge in [0.15, 0.2) is 0 Å². The van der Waals surface area contributed by atoms with Gasteiger partial charge in [0.2, 0.25) is 0 Å². The first kappa shape index (κ1) is 13.7. The van der Waals surface area contributed by atoms with Gasteiger partial charge in [0.05, 0.1) is 6.61 Å². The molecule has 1 fully saturated rings. The molecule has 3 heteroatoms. The Kier molecular flexibility index (Phi) is 5.13. The van der Waals surface area contributed by atoms with Crippen molar-refractivity contribution >= 4 is 12.3 Å². The van der Waals surface area contributed by atoms with Gasteiger partial charge in [-0.05, 0) is 50.0 Å². The van der Waals surface area contributed by atoms with Gasteiger partial charge in [-0.2, -0.15) is 0 Å². The molecule has 0 aromatic heterocycles. The molecule has 0 N–H and O–H groups in total. The van der Waals surface area contributed by atoms with Gasteiger partial charge in [-0.3, -0.25) is 4.79 Å². The molecule has 3 nitrogen and oxygen atoms in total. The van der Waals surface area contributed by atoms with Crippen molar-refractivity contribution in [3.63, 3.8) is 0 Å². The van der Waals surface area contributed by atoms with E-state index in [0.717, 1.165) is 32.0 Å². The lowest BCUT2D eigenvalue weighted by molar-refractivity contribution is -0.140. The number of hydrogen-bond donors (Lipinski definition) is 0. The number of rotatable bonds is 5. The van der Waals surface area contributed by atoms with E-state index in [0.29, 0.717) is 29.6 Å². The number of carbonyl (C=O) groups is 2. The standard InChI is InChI=1S/C14H20O3/c1-10(2)14(16)17-9-12-4-6-13(7-5-12)11(3)8-15/h8,12-13H,1,3-7,9H2,2H3. The summed E-state index contributed by atoms with van der Waals surface area (Å²) in [5.74, 6) is 0.416. The summed E-state index contributed by atoms with van der Waals surface area (Å²) in [5.41, 5.74) is 1.13. The van der Waals surface area contributed by atoms with E-state index in [1.807, 2.05) is 0 Å². The lowest BCUT2D eigenvalue weighted by atomic mass is 9.79. The Morgan fingerprint density at radius 2 is 1.88 bits per heavy atom. The molecule has 0 saturated heterocycles. The molecule has 0 aliphatic heterocycles. The fourth-order valence-corrected chi connectivity index (χ4v) is 2.11. The van der Waals surface area contributed by atoms with Gasteiger partial charge in [-0.25, -0.2) is 4.79 Å². The maximum atomic E-state index is 11.2. The molecule has 94 valence electrons. The minimum Gasteiger partial charge on any atom is -0.462 e. The summed E-state index contributed by atoms with van der Waals surface area (Å²) in [7, 11) is 0. The third kappa shape index (κ3) is 4.17. The third-order valence-corrected chi connectivity index (χ3v) is 3.32. The minimum absolute atomic E-state index is 0.315. The van der Waals surface area contributed by atoms with Gasteiger partial charge in [0.1, 0.15) is 6.29 Å². The highest BCUT2D eigenvalue weighted by molar-refractivity contribution is 5.86. The van der Waals surface area contributed by atoms with Crippen molar-refractivity contribution in [1.82, 2.24) is 0 Å². The van der Waals surface area contributed by atoms with Crippen LogP contribution in [0.4, 0.5) is 0 Å². The number of aldehydes is 1. The van der Waals surface area contributed by atoms with Gasteiger partial charge >= 0.3 is 5.97 Å². The van der Waals surface area contributed by atoms with Crippen LogP contribution in [0.5, 0.6) is 0 Å². The molecule has 0 unspecified atom stereocenters. The molecule has 0 aromatic carbocycles. The van der Waals surface area contributed by atoms with Crippen molar-refractivity contribution in [2.24, 2.45) is 11.8 Å². The van der Waals surface area contributed by atoms with Crippen molar-refractivity contribution in [2.75, 3.05) is 6.61 Å². The van der Waals surface area contributed by atoms with Crippen LogP contribution in [0.15, 0.2) is 24.3 Å². The molecule has 1 saturated carbocycles. The largest absolute Gasteiger partial charge is 0.462 e. The van der Waals surface area contributed by atoms with Gasteiger partial charge in [0, 0.05) is 5.57 Å². The van der Waals surface area contributed by atoms with Crippen LogP contribution in [0.2, 0.25) is 0 Å². The average Bonchev–Trinajstić information content (AvgIpc) is 2.35. The van der Waals surface area contributed by atoms with E-state index in [2.05, 4.69) is 13.2 Å². The van der Waals surface area contributed by atoms with Gasteiger partial charge < -0.3 is 4.74 Å². The van der Waals surface area contributed by atoms with Crippen LogP contribution in [0, 0.1) is 11.8 Å². The topological polar surface area (TPSA) is 43.4 Å². The molecule has 1 aliphatic rings. The summed E-state index contributed by atoms with van der Waals surface area (Å²) < 4.78 is 5.13. The Morgan fingerprint density at radius 3 is 2.35 bits per heavy atom. The van der Waals surface area contributed by atoms with Crippen LogP contribution < -0.4 is 0 Å². The van der Waals surface area contributed by atoms with Crippen molar-refractivity contribution < 1.29 is 14.3 Å². The lowest BCUT2D eigenvalue weighted by Crippen LogP contribution is -2.21. The SMILES string of the molecule is C=C(C)C(=O)OCC1CCC(C(=C)C=O)CC1. The molecule has 0 radical (unpaired) electrons. The summed E-state index contributed by atoms with van der Waals surface area (Å²) >= 11 is 0. The predicted octanol–water partition coefficient (Wildman–Crippen LogP) is 2.67. The Bertz CT molecular complexity index is 322. The zero-order chi connectivity index (χ0) is 12.8. The molecule has 1 aliphatic carbocycles. The highest BCUT2D eigenvalue weighted by Crippen LogP contribution is 2.32. The minimum atomic E-state index is -0.315. The van der Waals surface area contributed by atoms with Crippen molar-refractivity contribution in [1.29, 1.82) is 0 Å². The monoisotopic (exact) mass is 236 g/mol. The van der Waals surface area contributed by atoms with E-state index in [9.17, 15) is 9.59 Å². The third-order valence-electron chi connectivity index (χ3n) is 3.32. The zero-order valence-corrected chi connectivity index (χ0v) is 10.4. The van der Waals surface area contributed by atoms with Gasteiger partial charge in [0.25, 0.3) is 0 Å². The first-order valence-electron chi connectivity index (χ1n) is 6.01. The fraction of sp³-hybridized carbons (Fsp3) is 0.571. The van der Waals surface area contributed by atoms with Gasteiger partial charge in [-0.1, -0.05) is 13.2 Å². The van der Waals surface area contributed by atoms with E-state index in [-0.39, 0.29) is 5.97 Å². The Balaban J connectivity index is 2.28. The maximum absolute atomic E-state index is 11.2. The van der Waals surface area contributed by atoms with Crippen molar-refractivity contribution in [3.05, 3.63) is 24.3 Å². The van der Waals surface area contributed by atoms with Crippen LogP contribution in [-0.4, -0.2) is 18.9 Å². The second kappa shape index (κ2) is 6.38. The second-order valence-electron chi connectivity index (χ2n) is 4.79. The molecule has 0 atom stereocenters. The van der Waals surface area contributed by atoms with Crippen LogP contribution in [0.25, 0.3) is 0 Å². The van der Waals surface area contributed by atoms with E-state index in [1.165, 1.54) is 0 Å². The van der Waals surface area contributed by atoms with Crippen LogP contribution in [0.3, 0.4) is 0 Å². The van der Waals surface area contributed by atoms with Crippen LogP contribution in [0.1, 0.15) is 32.6 Å². The van der Waals surface area contributed by atoms with E-state index < -0.39 is 0 Å². The molecule has 0 heterocycles. The average molecular weight is 236 g/mol. The number of carbonyl (C=O) groups excluding carboxylic acids is 2. The zero-order valence-electron chi connectivity index (χ0n) is 10.4. The molecule has 0 aromatic rings. The molecular weight excluding hydrogens is 216 g/mol. The molecule has 0 spiro atoms. The summed E-state index contributed by atoms with van der Waals surface area (Å²) in [6.45, 7) is 9.40. The first-order chi connectivity index (χ1) is 8.04. The molecular formula is C14H20O3. The first-order valence-corrected chi connectivity index (χ1v) is 6.01. The summed E-state index contributed by atoms with van der Waals surface area (Å²) in [4.78, 5) is 21.8. The summed E-state index contributed by atoms with van der Waals surface area (Å²) in [5, 5.41) is 0. The lowest BCUT2D eigenvalue weighted by Gasteiger charge is -2.27. The number of ether oxygens (including phenoxy) is 1. The van der Waals surface area contributed by atoms with Crippen LogP contribution in [-0.2, 0) is 14.3 Å². The fourth-order valence-electron chi connectivity index (χ4n) is 2.11. The normalized spacial score (nSPS) is 23.8. The van der Waals surface area contributed by atoms with E-state index in [4.69, 9.17) is 4.74 Å². The molecule has 1 rings (SSSR count). The highest BCUT2D eigenvalue weighted by atomic mass is 16.5.